The molecule has 1 fully saturated rings. The molecule has 0 spiro atoms. The summed E-state index contributed by atoms with van der Waals surface area (Å²) < 4.78 is 11.0. The minimum atomic E-state index is 0. The van der Waals surface area contributed by atoms with Crippen LogP contribution >= 0.6 is 35.3 Å². The molecular weight excluding hydrogens is 511 g/mol. The summed E-state index contributed by atoms with van der Waals surface area (Å²) in [5, 5.41) is 6.92. The zero-order chi connectivity index (χ0) is 20.5. The van der Waals surface area contributed by atoms with E-state index in [-0.39, 0.29) is 24.0 Å². The highest BCUT2D eigenvalue weighted by Crippen LogP contribution is 2.28. The Labute approximate surface area is 201 Å². The predicted octanol–water partition coefficient (Wildman–Crippen LogP) is 3.81. The van der Waals surface area contributed by atoms with Crippen LogP contribution in [-0.2, 0) is 11.3 Å². The average Bonchev–Trinajstić information content (AvgIpc) is 3.19. The van der Waals surface area contributed by atoms with Gasteiger partial charge in [0.25, 0.3) is 0 Å². The predicted molar refractivity (Wildman–Crippen MR) is 135 cm³/mol. The average molecular weight is 545 g/mol. The molecule has 1 atom stereocenters. The largest absolute Gasteiger partial charge is 0.496 e. The molecule has 1 aromatic carbocycles. The fourth-order valence-corrected chi connectivity index (χ4v) is 4.48. The maximum Gasteiger partial charge on any atom is 0.191 e. The van der Waals surface area contributed by atoms with Gasteiger partial charge in [0.15, 0.2) is 5.96 Å². The molecule has 2 heterocycles. The molecule has 0 bridgehead atoms. The second-order valence-corrected chi connectivity index (χ2v) is 8.32. The Bertz CT molecular complexity index is 793. The maximum absolute atomic E-state index is 5.56. The number of para-hydroxylation sites is 1. The smallest absolute Gasteiger partial charge is 0.191 e. The first-order chi connectivity index (χ1) is 14.2. The number of ether oxygens (including phenoxy) is 2. The van der Waals surface area contributed by atoms with E-state index in [4.69, 9.17) is 14.5 Å². The quantitative estimate of drug-likeness (QED) is 0.301. The minimum absolute atomic E-state index is 0. The SMILES string of the molecule is CCNC(=NCc1ccccc1OC)NCC(c1ccc(C)s1)N1CCOCC1.I. The number of thiophene rings is 1. The van der Waals surface area contributed by atoms with Gasteiger partial charge in [-0.2, -0.15) is 0 Å². The molecule has 1 aliphatic heterocycles. The van der Waals surface area contributed by atoms with Crippen molar-refractivity contribution < 1.29 is 9.47 Å². The Balaban J connectivity index is 0.00000320. The summed E-state index contributed by atoms with van der Waals surface area (Å²) in [5.41, 5.74) is 1.07. The van der Waals surface area contributed by atoms with Gasteiger partial charge in [-0.1, -0.05) is 18.2 Å². The molecule has 2 N–H and O–H groups in total. The molecule has 3 rings (SSSR count). The summed E-state index contributed by atoms with van der Waals surface area (Å²) in [7, 11) is 1.70. The molecule has 1 aromatic heterocycles. The van der Waals surface area contributed by atoms with E-state index in [1.165, 1.54) is 9.75 Å². The fraction of sp³-hybridized carbons (Fsp3) is 0.500. The first kappa shape index (κ1) is 24.9. The highest BCUT2D eigenvalue weighted by molar-refractivity contribution is 14.0. The second-order valence-electron chi connectivity index (χ2n) is 7.00. The number of nitrogens with zero attached hydrogens (tertiary/aromatic N) is 2. The first-order valence-corrected chi connectivity index (χ1v) is 11.0. The van der Waals surface area contributed by atoms with E-state index < -0.39 is 0 Å². The van der Waals surface area contributed by atoms with Crippen molar-refractivity contribution in [2.24, 2.45) is 4.99 Å². The van der Waals surface area contributed by atoms with Crippen LogP contribution in [-0.4, -0.2) is 57.4 Å². The van der Waals surface area contributed by atoms with E-state index in [1.54, 1.807) is 7.11 Å². The molecule has 0 radical (unpaired) electrons. The Morgan fingerprint density at radius 1 is 1.20 bits per heavy atom. The molecule has 6 nitrogen and oxygen atoms in total. The van der Waals surface area contributed by atoms with Crippen molar-refractivity contribution in [2.75, 3.05) is 46.5 Å². The van der Waals surface area contributed by atoms with Crippen LogP contribution in [0.5, 0.6) is 5.75 Å². The number of aliphatic imine (C=N–C) groups is 1. The summed E-state index contributed by atoms with van der Waals surface area (Å²) >= 11 is 1.87. The highest BCUT2D eigenvalue weighted by Gasteiger charge is 2.24. The summed E-state index contributed by atoms with van der Waals surface area (Å²) in [6, 6.07) is 12.8. The van der Waals surface area contributed by atoms with Gasteiger partial charge in [-0.15, -0.1) is 35.3 Å². The van der Waals surface area contributed by atoms with Crippen LogP contribution in [0.15, 0.2) is 41.4 Å². The molecule has 1 aliphatic rings. The van der Waals surface area contributed by atoms with Gasteiger partial charge in [0.1, 0.15) is 5.75 Å². The zero-order valence-electron chi connectivity index (χ0n) is 18.0. The lowest BCUT2D eigenvalue weighted by atomic mass is 10.2. The van der Waals surface area contributed by atoms with E-state index in [0.29, 0.717) is 12.6 Å². The van der Waals surface area contributed by atoms with Crippen LogP contribution in [0.2, 0.25) is 0 Å². The van der Waals surface area contributed by atoms with Gasteiger partial charge < -0.3 is 20.1 Å². The van der Waals surface area contributed by atoms with Crippen molar-refractivity contribution in [1.29, 1.82) is 0 Å². The Morgan fingerprint density at radius 2 is 1.97 bits per heavy atom. The van der Waals surface area contributed by atoms with Gasteiger partial charge in [0.2, 0.25) is 0 Å². The van der Waals surface area contributed by atoms with Gasteiger partial charge in [-0.25, -0.2) is 4.99 Å². The third-order valence-corrected chi connectivity index (χ3v) is 6.09. The molecule has 166 valence electrons. The number of rotatable bonds is 8. The van der Waals surface area contributed by atoms with Crippen LogP contribution < -0.4 is 15.4 Å². The topological polar surface area (TPSA) is 58.1 Å². The number of nitrogens with one attached hydrogen (secondary N) is 2. The van der Waals surface area contributed by atoms with E-state index in [2.05, 4.69) is 47.6 Å². The normalized spacial score (nSPS) is 15.9. The van der Waals surface area contributed by atoms with Crippen molar-refractivity contribution in [1.82, 2.24) is 15.5 Å². The number of halogens is 1. The fourth-order valence-electron chi connectivity index (χ4n) is 3.46. The molecular formula is C22H33IN4O2S. The number of methoxy groups -OCH3 is 1. The molecule has 1 saturated heterocycles. The lowest BCUT2D eigenvalue weighted by Gasteiger charge is -2.34. The Hall–Kier alpha value is -1.36. The van der Waals surface area contributed by atoms with Gasteiger partial charge in [-0.05, 0) is 32.0 Å². The molecule has 8 heteroatoms. The van der Waals surface area contributed by atoms with Crippen molar-refractivity contribution in [3.05, 3.63) is 51.7 Å². The van der Waals surface area contributed by atoms with Crippen molar-refractivity contribution >= 4 is 41.3 Å². The van der Waals surface area contributed by atoms with Crippen LogP contribution in [0.3, 0.4) is 0 Å². The summed E-state index contributed by atoms with van der Waals surface area (Å²) in [6.07, 6.45) is 0. The van der Waals surface area contributed by atoms with Crippen molar-refractivity contribution in [3.8, 4) is 5.75 Å². The van der Waals surface area contributed by atoms with Crippen molar-refractivity contribution in [3.63, 3.8) is 0 Å². The van der Waals surface area contributed by atoms with Gasteiger partial charge in [-0.3, -0.25) is 4.90 Å². The first-order valence-electron chi connectivity index (χ1n) is 10.2. The monoisotopic (exact) mass is 544 g/mol. The maximum atomic E-state index is 5.56. The third kappa shape index (κ3) is 7.11. The number of aryl methyl sites for hydroxylation is 1. The van der Waals surface area contributed by atoms with E-state index in [9.17, 15) is 0 Å². The molecule has 0 aliphatic carbocycles. The molecule has 30 heavy (non-hydrogen) atoms. The molecule has 0 amide bonds. The number of morpholine rings is 1. The Morgan fingerprint density at radius 3 is 2.63 bits per heavy atom. The van der Waals surface area contributed by atoms with Crippen LogP contribution in [0.4, 0.5) is 0 Å². The molecule has 2 aromatic rings. The van der Waals surface area contributed by atoms with Crippen LogP contribution in [0.1, 0.15) is 28.3 Å². The number of benzene rings is 1. The lowest BCUT2D eigenvalue weighted by molar-refractivity contribution is 0.0177. The summed E-state index contributed by atoms with van der Waals surface area (Å²) in [4.78, 5) is 10.0. The summed E-state index contributed by atoms with van der Waals surface area (Å²) in [5.74, 6) is 1.69. The lowest BCUT2D eigenvalue weighted by Crippen LogP contribution is -2.46. The minimum Gasteiger partial charge on any atom is -0.496 e. The molecule has 0 saturated carbocycles. The standard InChI is InChI=1S/C22H32N4O2S.HI/c1-4-23-22(24-15-18-7-5-6-8-20(18)27-3)25-16-19(21-10-9-17(2)29-21)26-11-13-28-14-12-26;/h5-10,19H,4,11-16H2,1-3H3,(H2,23,24,25);1H. The van der Waals surface area contributed by atoms with E-state index >= 15 is 0 Å². The summed E-state index contributed by atoms with van der Waals surface area (Å²) in [6.45, 7) is 9.94. The molecule has 1 unspecified atom stereocenters. The zero-order valence-corrected chi connectivity index (χ0v) is 21.2. The van der Waals surface area contributed by atoms with E-state index in [1.807, 2.05) is 29.5 Å². The highest BCUT2D eigenvalue weighted by atomic mass is 127. The number of guanidine groups is 1. The number of hydrogen-bond acceptors (Lipinski definition) is 5. The van der Waals surface area contributed by atoms with Crippen LogP contribution in [0.25, 0.3) is 0 Å². The third-order valence-electron chi connectivity index (χ3n) is 4.98. The Kier molecular flexibility index (Phi) is 10.9. The van der Waals surface area contributed by atoms with Crippen LogP contribution in [0, 0.1) is 6.92 Å². The second kappa shape index (κ2) is 13.1. The van der Waals surface area contributed by atoms with Gasteiger partial charge in [0, 0.05) is 41.5 Å². The number of hydrogen-bond donors (Lipinski definition) is 2. The van der Waals surface area contributed by atoms with E-state index in [0.717, 1.165) is 56.7 Å². The van der Waals surface area contributed by atoms with Crippen molar-refractivity contribution in [2.45, 2.75) is 26.4 Å². The van der Waals surface area contributed by atoms with Gasteiger partial charge >= 0.3 is 0 Å². The van der Waals surface area contributed by atoms with Gasteiger partial charge in [0.05, 0.1) is 32.9 Å².